The van der Waals surface area contributed by atoms with Gasteiger partial charge in [0, 0.05) is 40.6 Å². The fourth-order valence-electron chi connectivity index (χ4n) is 2.22. The second-order valence-corrected chi connectivity index (χ2v) is 5.28. The van der Waals surface area contributed by atoms with Gasteiger partial charge in [0.15, 0.2) is 0 Å². The SMILES string of the molecule is CNC(CCc1ccnn1C)c1c(Cl)cccc1Cl. The molecule has 5 heteroatoms. The van der Waals surface area contributed by atoms with Crippen LogP contribution in [0.25, 0.3) is 0 Å². The highest BCUT2D eigenvalue weighted by Crippen LogP contribution is 2.32. The van der Waals surface area contributed by atoms with Crippen LogP contribution in [0.2, 0.25) is 10.0 Å². The van der Waals surface area contributed by atoms with Gasteiger partial charge in [0.05, 0.1) is 0 Å². The second-order valence-electron chi connectivity index (χ2n) is 4.46. The number of nitrogens with one attached hydrogen (secondary N) is 1. The van der Waals surface area contributed by atoms with Crippen LogP contribution in [0.3, 0.4) is 0 Å². The summed E-state index contributed by atoms with van der Waals surface area (Å²) < 4.78 is 1.89. The van der Waals surface area contributed by atoms with Gasteiger partial charge in [-0.1, -0.05) is 29.3 Å². The number of benzene rings is 1. The van der Waals surface area contributed by atoms with E-state index in [9.17, 15) is 0 Å². The molecule has 0 spiro atoms. The van der Waals surface area contributed by atoms with Crippen LogP contribution in [0, 0.1) is 0 Å². The molecule has 19 heavy (non-hydrogen) atoms. The Morgan fingerprint density at radius 2 is 1.95 bits per heavy atom. The summed E-state index contributed by atoms with van der Waals surface area (Å²) in [5, 5.41) is 8.87. The van der Waals surface area contributed by atoms with Crippen LogP contribution in [0.5, 0.6) is 0 Å². The minimum absolute atomic E-state index is 0.135. The van der Waals surface area contributed by atoms with E-state index in [2.05, 4.69) is 10.4 Å². The highest BCUT2D eigenvalue weighted by atomic mass is 35.5. The Morgan fingerprint density at radius 3 is 2.47 bits per heavy atom. The molecule has 1 heterocycles. The van der Waals surface area contributed by atoms with E-state index in [4.69, 9.17) is 23.2 Å². The molecule has 0 bridgehead atoms. The van der Waals surface area contributed by atoms with E-state index in [1.807, 2.05) is 49.2 Å². The molecular weight excluding hydrogens is 281 g/mol. The molecule has 0 fully saturated rings. The van der Waals surface area contributed by atoms with Crippen LogP contribution in [0.4, 0.5) is 0 Å². The lowest BCUT2D eigenvalue weighted by atomic mass is 10.0. The van der Waals surface area contributed by atoms with Crippen molar-refractivity contribution in [2.75, 3.05) is 7.05 Å². The molecule has 3 nitrogen and oxygen atoms in total. The molecule has 2 aromatic rings. The smallest absolute Gasteiger partial charge is 0.0492 e. The second kappa shape index (κ2) is 6.42. The largest absolute Gasteiger partial charge is 0.313 e. The first kappa shape index (κ1) is 14.4. The molecule has 0 saturated heterocycles. The molecule has 1 unspecified atom stereocenters. The van der Waals surface area contributed by atoms with E-state index >= 15 is 0 Å². The zero-order chi connectivity index (χ0) is 13.8. The molecule has 0 aliphatic carbocycles. The summed E-state index contributed by atoms with van der Waals surface area (Å²) in [5.74, 6) is 0. The van der Waals surface area contributed by atoms with Crippen molar-refractivity contribution in [1.82, 2.24) is 15.1 Å². The summed E-state index contributed by atoms with van der Waals surface area (Å²) in [6.07, 6.45) is 3.65. The van der Waals surface area contributed by atoms with Crippen molar-refractivity contribution in [3.05, 3.63) is 51.8 Å². The summed E-state index contributed by atoms with van der Waals surface area (Å²) in [5.41, 5.74) is 2.17. The summed E-state index contributed by atoms with van der Waals surface area (Å²) in [6.45, 7) is 0. The minimum Gasteiger partial charge on any atom is -0.313 e. The van der Waals surface area contributed by atoms with Crippen LogP contribution in [-0.4, -0.2) is 16.8 Å². The van der Waals surface area contributed by atoms with Crippen LogP contribution in [-0.2, 0) is 13.5 Å². The Kier molecular flexibility index (Phi) is 4.86. The molecule has 1 aromatic carbocycles. The van der Waals surface area contributed by atoms with Crippen molar-refractivity contribution in [3.8, 4) is 0 Å². The average molecular weight is 298 g/mol. The van der Waals surface area contributed by atoms with Gasteiger partial charge in [-0.15, -0.1) is 0 Å². The van der Waals surface area contributed by atoms with E-state index < -0.39 is 0 Å². The minimum atomic E-state index is 0.135. The molecular formula is C14H17Cl2N3. The third kappa shape index (κ3) is 3.30. The Balaban J connectivity index is 2.15. The average Bonchev–Trinajstić information content (AvgIpc) is 2.78. The normalized spacial score (nSPS) is 12.6. The lowest BCUT2D eigenvalue weighted by Gasteiger charge is -2.19. The molecule has 0 radical (unpaired) electrons. The maximum absolute atomic E-state index is 6.25. The third-order valence-electron chi connectivity index (χ3n) is 3.31. The summed E-state index contributed by atoms with van der Waals surface area (Å²) >= 11 is 12.5. The maximum atomic E-state index is 6.25. The monoisotopic (exact) mass is 297 g/mol. The molecule has 0 saturated carbocycles. The van der Waals surface area contributed by atoms with Gasteiger partial charge in [-0.25, -0.2) is 0 Å². The van der Waals surface area contributed by atoms with Gasteiger partial charge in [-0.05, 0) is 38.1 Å². The quantitative estimate of drug-likeness (QED) is 0.913. The van der Waals surface area contributed by atoms with E-state index in [0.29, 0.717) is 10.0 Å². The van der Waals surface area contributed by atoms with Crippen molar-refractivity contribution in [2.24, 2.45) is 7.05 Å². The number of hydrogen-bond donors (Lipinski definition) is 1. The molecule has 0 amide bonds. The van der Waals surface area contributed by atoms with Crippen molar-refractivity contribution < 1.29 is 0 Å². The van der Waals surface area contributed by atoms with E-state index in [-0.39, 0.29) is 6.04 Å². The lowest BCUT2D eigenvalue weighted by Crippen LogP contribution is -2.18. The number of halogens is 2. The fraction of sp³-hybridized carbons (Fsp3) is 0.357. The standard InChI is InChI=1S/C14H17Cl2N3/c1-17-13(7-6-10-8-9-18-19(10)2)14-11(15)4-3-5-12(14)16/h3-5,8-9,13,17H,6-7H2,1-2H3. The van der Waals surface area contributed by atoms with Crippen LogP contribution >= 0.6 is 23.2 Å². The predicted molar refractivity (Wildman–Crippen MR) is 79.8 cm³/mol. The van der Waals surface area contributed by atoms with Crippen molar-refractivity contribution >= 4 is 23.2 Å². The summed E-state index contributed by atoms with van der Waals surface area (Å²) in [6, 6.07) is 7.77. The van der Waals surface area contributed by atoms with Gasteiger partial charge < -0.3 is 5.32 Å². The highest BCUT2D eigenvalue weighted by molar-refractivity contribution is 6.36. The molecule has 0 aliphatic rings. The number of aryl methyl sites for hydroxylation is 2. The van der Waals surface area contributed by atoms with Crippen molar-refractivity contribution in [3.63, 3.8) is 0 Å². The van der Waals surface area contributed by atoms with Crippen molar-refractivity contribution in [1.29, 1.82) is 0 Å². The summed E-state index contributed by atoms with van der Waals surface area (Å²) in [4.78, 5) is 0. The molecule has 1 N–H and O–H groups in total. The van der Waals surface area contributed by atoms with Crippen LogP contribution in [0.1, 0.15) is 23.7 Å². The van der Waals surface area contributed by atoms with Crippen LogP contribution in [0.15, 0.2) is 30.5 Å². The van der Waals surface area contributed by atoms with Gasteiger partial charge >= 0.3 is 0 Å². The fourth-order valence-corrected chi connectivity index (χ4v) is 2.88. The Labute approximate surface area is 123 Å². The van der Waals surface area contributed by atoms with E-state index in [1.54, 1.807) is 0 Å². The first-order valence-electron chi connectivity index (χ1n) is 6.21. The van der Waals surface area contributed by atoms with Crippen LogP contribution < -0.4 is 5.32 Å². The van der Waals surface area contributed by atoms with Gasteiger partial charge in [0.25, 0.3) is 0 Å². The number of aromatic nitrogens is 2. The Hall–Kier alpha value is -1.03. The number of hydrogen-bond acceptors (Lipinski definition) is 2. The van der Waals surface area contributed by atoms with Gasteiger partial charge in [-0.2, -0.15) is 5.10 Å². The highest BCUT2D eigenvalue weighted by Gasteiger charge is 2.16. The molecule has 1 atom stereocenters. The summed E-state index contributed by atoms with van der Waals surface area (Å²) in [7, 11) is 3.87. The maximum Gasteiger partial charge on any atom is 0.0492 e. The van der Waals surface area contributed by atoms with Crippen molar-refractivity contribution in [2.45, 2.75) is 18.9 Å². The zero-order valence-electron chi connectivity index (χ0n) is 11.0. The predicted octanol–water partition coefficient (Wildman–Crippen LogP) is 3.62. The number of nitrogens with zero attached hydrogens (tertiary/aromatic N) is 2. The molecule has 0 aliphatic heterocycles. The van der Waals surface area contributed by atoms with Gasteiger partial charge in [-0.3, -0.25) is 4.68 Å². The molecule has 1 aromatic heterocycles. The third-order valence-corrected chi connectivity index (χ3v) is 3.97. The topological polar surface area (TPSA) is 29.9 Å². The lowest BCUT2D eigenvalue weighted by molar-refractivity contribution is 0.536. The first-order chi connectivity index (χ1) is 9.13. The molecule has 102 valence electrons. The van der Waals surface area contributed by atoms with Gasteiger partial charge in [0.1, 0.15) is 0 Å². The molecule has 2 rings (SSSR count). The zero-order valence-corrected chi connectivity index (χ0v) is 12.5. The van der Waals surface area contributed by atoms with E-state index in [0.717, 1.165) is 18.4 Å². The first-order valence-corrected chi connectivity index (χ1v) is 6.97. The number of rotatable bonds is 5. The van der Waals surface area contributed by atoms with Gasteiger partial charge in [0.2, 0.25) is 0 Å². The van der Waals surface area contributed by atoms with E-state index in [1.165, 1.54) is 5.69 Å². The Bertz CT molecular complexity index is 531. The Morgan fingerprint density at radius 1 is 1.26 bits per heavy atom.